The van der Waals surface area contributed by atoms with Gasteiger partial charge in [-0.15, -0.1) is 11.3 Å². The average Bonchev–Trinajstić information content (AvgIpc) is 3.47. The minimum absolute atomic E-state index is 0.0453. The van der Waals surface area contributed by atoms with Gasteiger partial charge in [-0.1, -0.05) is 48.5 Å². The molecule has 0 bridgehead atoms. The molecule has 3 aliphatic rings. The molecule has 194 valence electrons. The molecule has 2 heterocycles. The van der Waals surface area contributed by atoms with Crippen LogP contribution in [-0.2, 0) is 22.6 Å². The maximum atomic E-state index is 13.3. The molecule has 5 rings (SSSR count). The molecule has 1 aliphatic heterocycles. The number of carbonyl (C=O) groups is 2. The molecule has 2 fully saturated rings. The van der Waals surface area contributed by atoms with E-state index in [9.17, 15) is 9.59 Å². The van der Waals surface area contributed by atoms with E-state index in [0.29, 0.717) is 34.1 Å². The zero-order valence-electron chi connectivity index (χ0n) is 20.5. The Bertz CT molecular complexity index is 1080. The molecule has 0 spiro atoms. The molecule has 1 saturated carbocycles. The van der Waals surface area contributed by atoms with Crippen LogP contribution in [0.5, 0.6) is 0 Å². The van der Waals surface area contributed by atoms with Crippen LogP contribution >= 0.6 is 34.5 Å². The largest absolute Gasteiger partial charge is 0.351 e. The number of rotatable bonds is 7. The van der Waals surface area contributed by atoms with E-state index in [1.807, 2.05) is 18.2 Å². The van der Waals surface area contributed by atoms with Crippen LogP contribution in [-0.4, -0.2) is 40.8 Å². The summed E-state index contributed by atoms with van der Waals surface area (Å²) in [5, 5.41) is 8.29. The zero-order chi connectivity index (χ0) is 25.1. The van der Waals surface area contributed by atoms with Crippen LogP contribution in [0.2, 0.25) is 10.0 Å². The Balaban J connectivity index is 1.16. The number of likely N-dealkylation sites (tertiary alicyclic amines) is 1. The van der Waals surface area contributed by atoms with Crippen LogP contribution in [0.15, 0.2) is 18.2 Å². The first-order valence-corrected chi connectivity index (χ1v) is 14.8. The highest BCUT2D eigenvalue weighted by Crippen LogP contribution is 2.37. The van der Waals surface area contributed by atoms with E-state index < -0.39 is 0 Å². The molecule has 1 aromatic carbocycles. The number of carbonyl (C=O) groups excluding carboxylic acids is 2. The summed E-state index contributed by atoms with van der Waals surface area (Å²) in [6.07, 6.45) is 10.2. The number of benzene rings is 1. The van der Waals surface area contributed by atoms with E-state index in [2.05, 4.69) is 15.5 Å². The van der Waals surface area contributed by atoms with Crippen molar-refractivity contribution in [1.29, 1.82) is 0 Å². The van der Waals surface area contributed by atoms with Gasteiger partial charge in [0.15, 0.2) is 5.13 Å². The quantitative estimate of drug-likeness (QED) is 0.433. The predicted molar refractivity (Wildman–Crippen MR) is 146 cm³/mol. The van der Waals surface area contributed by atoms with Gasteiger partial charge in [0.25, 0.3) is 0 Å². The van der Waals surface area contributed by atoms with E-state index in [0.717, 1.165) is 67.7 Å². The number of hydrogen-bond acceptors (Lipinski definition) is 5. The van der Waals surface area contributed by atoms with Crippen molar-refractivity contribution in [3.63, 3.8) is 0 Å². The Labute approximate surface area is 227 Å². The van der Waals surface area contributed by atoms with Crippen molar-refractivity contribution in [2.45, 2.75) is 82.7 Å². The van der Waals surface area contributed by atoms with Gasteiger partial charge >= 0.3 is 0 Å². The van der Waals surface area contributed by atoms with Gasteiger partial charge < -0.3 is 10.6 Å². The van der Waals surface area contributed by atoms with Gasteiger partial charge in [0, 0.05) is 52.6 Å². The summed E-state index contributed by atoms with van der Waals surface area (Å²) in [6.45, 7) is 2.33. The highest BCUT2D eigenvalue weighted by Gasteiger charge is 2.33. The third-order valence-electron chi connectivity index (χ3n) is 7.78. The Morgan fingerprint density at radius 2 is 1.83 bits per heavy atom. The Morgan fingerprint density at radius 3 is 2.61 bits per heavy atom. The van der Waals surface area contributed by atoms with E-state index in [-0.39, 0.29) is 23.8 Å². The minimum atomic E-state index is -0.249. The van der Waals surface area contributed by atoms with Crippen molar-refractivity contribution in [3.05, 3.63) is 44.4 Å². The lowest BCUT2D eigenvalue weighted by Crippen LogP contribution is -2.40. The monoisotopic (exact) mass is 548 g/mol. The van der Waals surface area contributed by atoms with Gasteiger partial charge in [-0.3, -0.25) is 14.5 Å². The third-order valence-corrected chi connectivity index (χ3v) is 9.53. The van der Waals surface area contributed by atoms with Crippen LogP contribution in [0.4, 0.5) is 5.13 Å². The van der Waals surface area contributed by atoms with Gasteiger partial charge in [0.1, 0.15) is 0 Å². The highest BCUT2D eigenvalue weighted by atomic mass is 35.5. The highest BCUT2D eigenvalue weighted by molar-refractivity contribution is 7.15. The molecule has 2 N–H and O–H groups in total. The summed E-state index contributed by atoms with van der Waals surface area (Å²) in [4.78, 5) is 34.0. The first kappa shape index (κ1) is 26.0. The van der Waals surface area contributed by atoms with E-state index in [1.165, 1.54) is 30.6 Å². The van der Waals surface area contributed by atoms with E-state index in [4.69, 9.17) is 28.2 Å². The second kappa shape index (κ2) is 11.8. The second-order valence-electron chi connectivity index (χ2n) is 10.5. The molecule has 2 amide bonds. The lowest BCUT2D eigenvalue weighted by Gasteiger charge is -2.23. The number of thiazole rings is 1. The predicted octanol–water partition coefficient (Wildman–Crippen LogP) is 6.17. The van der Waals surface area contributed by atoms with Crippen molar-refractivity contribution >= 4 is 51.5 Å². The molecular formula is C27H34Cl2N4O2S. The van der Waals surface area contributed by atoms with Crippen molar-refractivity contribution < 1.29 is 9.59 Å². The SMILES string of the molecule is O=C(CC1CCCCC1)Nc1nc2c(s1)CCCC2C(=O)NC1CCN(Cc2c(Cl)cccc2Cl)C1. The lowest BCUT2D eigenvalue weighted by atomic mass is 9.87. The third kappa shape index (κ3) is 6.24. The van der Waals surface area contributed by atoms with Gasteiger partial charge in [-0.25, -0.2) is 4.98 Å². The number of nitrogens with one attached hydrogen (secondary N) is 2. The van der Waals surface area contributed by atoms with Crippen molar-refractivity contribution in [3.8, 4) is 0 Å². The van der Waals surface area contributed by atoms with Gasteiger partial charge in [0.05, 0.1) is 11.6 Å². The van der Waals surface area contributed by atoms with Crippen LogP contribution in [0.3, 0.4) is 0 Å². The Kier molecular flexibility index (Phi) is 8.51. The topological polar surface area (TPSA) is 74.3 Å². The molecular weight excluding hydrogens is 515 g/mol. The molecule has 2 unspecified atom stereocenters. The summed E-state index contributed by atoms with van der Waals surface area (Å²) in [6, 6.07) is 5.67. The fourth-order valence-corrected chi connectivity index (χ4v) is 7.45. The van der Waals surface area contributed by atoms with Crippen LogP contribution in [0.1, 0.15) is 79.8 Å². The van der Waals surface area contributed by atoms with Crippen LogP contribution in [0, 0.1) is 5.92 Å². The lowest BCUT2D eigenvalue weighted by molar-refractivity contribution is -0.123. The molecule has 2 aromatic rings. The molecule has 9 heteroatoms. The molecule has 2 atom stereocenters. The van der Waals surface area contributed by atoms with E-state index in [1.54, 1.807) is 0 Å². The maximum absolute atomic E-state index is 13.3. The first-order chi connectivity index (χ1) is 17.5. The summed E-state index contributed by atoms with van der Waals surface area (Å²) >= 11 is 14.2. The number of halogens is 2. The fraction of sp³-hybridized carbons (Fsp3) is 0.593. The number of amides is 2. The summed E-state index contributed by atoms with van der Waals surface area (Å²) in [5.74, 6) is 0.343. The summed E-state index contributed by atoms with van der Waals surface area (Å²) in [7, 11) is 0. The number of aromatic nitrogens is 1. The van der Waals surface area contributed by atoms with Crippen LogP contribution < -0.4 is 10.6 Å². The Morgan fingerprint density at radius 1 is 1.06 bits per heavy atom. The minimum Gasteiger partial charge on any atom is -0.351 e. The van der Waals surface area contributed by atoms with Crippen molar-refractivity contribution in [2.24, 2.45) is 5.92 Å². The normalized spacial score (nSPS) is 22.8. The zero-order valence-corrected chi connectivity index (χ0v) is 22.9. The fourth-order valence-electron chi connectivity index (χ4n) is 5.85. The summed E-state index contributed by atoms with van der Waals surface area (Å²) in [5.41, 5.74) is 1.79. The maximum Gasteiger partial charge on any atom is 0.229 e. The molecule has 2 aliphatic carbocycles. The van der Waals surface area contributed by atoms with Crippen LogP contribution in [0.25, 0.3) is 0 Å². The number of nitrogens with zero attached hydrogens (tertiary/aromatic N) is 2. The van der Waals surface area contributed by atoms with Crippen molar-refractivity contribution in [2.75, 3.05) is 18.4 Å². The van der Waals surface area contributed by atoms with Gasteiger partial charge in [0.2, 0.25) is 11.8 Å². The number of aryl methyl sites for hydroxylation is 1. The molecule has 0 radical (unpaired) electrons. The van der Waals surface area contributed by atoms with Gasteiger partial charge in [-0.05, 0) is 56.6 Å². The number of anilines is 1. The number of hydrogen-bond donors (Lipinski definition) is 2. The molecule has 6 nitrogen and oxygen atoms in total. The van der Waals surface area contributed by atoms with E-state index >= 15 is 0 Å². The smallest absolute Gasteiger partial charge is 0.229 e. The standard InChI is InChI=1S/C27H34Cl2N4O2S/c28-21-9-5-10-22(29)20(21)16-33-13-12-18(15-33)30-26(35)19-8-4-11-23-25(19)32-27(36-23)31-24(34)14-17-6-2-1-3-7-17/h5,9-10,17-19H,1-4,6-8,11-16H2,(H,30,35)(H,31,32,34). The second-order valence-corrected chi connectivity index (χ2v) is 12.4. The number of fused-ring (bicyclic) bond motifs is 1. The van der Waals surface area contributed by atoms with Gasteiger partial charge in [-0.2, -0.15) is 0 Å². The summed E-state index contributed by atoms with van der Waals surface area (Å²) < 4.78 is 0. The molecule has 1 saturated heterocycles. The molecule has 1 aromatic heterocycles. The Hall–Kier alpha value is -1.67. The first-order valence-electron chi connectivity index (χ1n) is 13.2. The molecule has 36 heavy (non-hydrogen) atoms. The average molecular weight is 550 g/mol. The van der Waals surface area contributed by atoms with Crippen molar-refractivity contribution in [1.82, 2.24) is 15.2 Å².